The predicted molar refractivity (Wildman–Crippen MR) is 81.4 cm³/mol. The van der Waals surface area contributed by atoms with Gasteiger partial charge in [0.05, 0.1) is 17.2 Å². The summed E-state index contributed by atoms with van der Waals surface area (Å²) < 4.78 is 0.717. The largest absolute Gasteiger partial charge is 0.478 e. The van der Waals surface area contributed by atoms with E-state index < -0.39 is 5.97 Å². The van der Waals surface area contributed by atoms with Crippen LogP contribution in [0.1, 0.15) is 15.9 Å². The summed E-state index contributed by atoms with van der Waals surface area (Å²) in [5, 5.41) is 17.8. The van der Waals surface area contributed by atoms with E-state index in [1.165, 1.54) is 11.8 Å². The summed E-state index contributed by atoms with van der Waals surface area (Å²) in [5.41, 5.74) is 0.914. The number of hydrogen-bond donors (Lipinski definition) is 1. The van der Waals surface area contributed by atoms with Gasteiger partial charge in [-0.2, -0.15) is 5.26 Å². The molecular formula is C14H8INO2S. The van der Waals surface area contributed by atoms with Crippen LogP contribution in [0, 0.1) is 14.9 Å². The van der Waals surface area contributed by atoms with Crippen LogP contribution in [0.15, 0.2) is 52.3 Å². The summed E-state index contributed by atoms with van der Waals surface area (Å²) in [4.78, 5) is 12.9. The van der Waals surface area contributed by atoms with Crippen molar-refractivity contribution in [1.82, 2.24) is 0 Å². The molecule has 0 aliphatic carbocycles. The highest BCUT2D eigenvalue weighted by atomic mass is 127. The van der Waals surface area contributed by atoms with Crippen LogP contribution in [0.4, 0.5) is 0 Å². The number of carboxylic acid groups (broad SMARTS) is 1. The van der Waals surface area contributed by atoms with E-state index in [4.69, 9.17) is 10.4 Å². The third-order valence-electron chi connectivity index (χ3n) is 2.39. The van der Waals surface area contributed by atoms with Crippen LogP contribution in [0.25, 0.3) is 0 Å². The Labute approximate surface area is 128 Å². The van der Waals surface area contributed by atoms with Crippen LogP contribution in [-0.2, 0) is 0 Å². The Balaban J connectivity index is 2.25. The molecule has 0 aromatic heterocycles. The maximum Gasteiger partial charge on any atom is 0.336 e. The van der Waals surface area contributed by atoms with E-state index in [2.05, 4.69) is 6.07 Å². The number of nitriles is 1. The minimum atomic E-state index is -0.924. The fraction of sp³-hybridized carbons (Fsp3) is 0. The van der Waals surface area contributed by atoms with Crippen LogP contribution < -0.4 is 0 Å². The van der Waals surface area contributed by atoms with Gasteiger partial charge in [0.15, 0.2) is 0 Å². The zero-order valence-electron chi connectivity index (χ0n) is 9.63. The number of carboxylic acids is 1. The van der Waals surface area contributed by atoms with Gasteiger partial charge in [0.1, 0.15) is 0 Å². The average Bonchev–Trinajstić information content (AvgIpc) is 2.41. The van der Waals surface area contributed by atoms with Crippen molar-refractivity contribution in [2.75, 3.05) is 0 Å². The lowest BCUT2D eigenvalue weighted by molar-refractivity contribution is 0.0695. The lowest BCUT2D eigenvalue weighted by Gasteiger charge is -2.04. The summed E-state index contributed by atoms with van der Waals surface area (Å²) in [7, 11) is 0. The van der Waals surface area contributed by atoms with Gasteiger partial charge in [-0.25, -0.2) is 4.79 Å². The van der Waals surface area contributed by atoms with Crippen molar-refractivity contribution in [1.29, 1.82) is 5.26 Å². The zero-order valence-corrected chi connectivity index (χ0v) is 12.6. The molecule has 0 unspecified atom stereocenters. The topological polar surface area (TPSA) is 61.1 Å². The lowest BCUT2D eigenvalue weighted by atomic mass is 10.2. The second-order valence-electron chi connectivity index (χ2n) is 3.69. The zero-order chi connectivity index (χ0) is 13.8. The molecule has 0 saturated heterocycles. The molecule has 0 saturated carbocycles. The summed E-state index contributed by atoms with van der Waals surface area (Å²) in [6, 6.07) is 14.6. The smallest absolute Gasteiger partial charge is 0.336 e. The van der Waals surface area contributed by atoms with Gasteiger partial charge >= 0.3 is 5.97 Å². The average molecular weight is 381 g/mol. The molecule has 2 rings (SSSR count). The van der Waals surface area contributed by atoms with Crippen molar-refractivity contribution >= 4 is 40.3 Å². The molecule has 94 valence electrons. The quantitative estimate of drug-likeness (QED) is 0.817. The van der Waals surface area contributed by atoms with E-state index in [9.17, 15) is 4.79 Å². The monoisotopic (exact) mass is 381 g/mol. The summed E-state index contributed by atoms with van der Waals surface area (Å²) in [6.45, 7) is 0. The minimum absolute atomic E-state index is 0.305. The molecule has 0 fully saturated rings. The standard InChI is InChI=1S/C14H8INO2S/c15-13-6-5-11(7-12(13)14(17)18)19-10-3-1-9(8-16)2-4-10/h1-7H,(H,17,18). The van der Waals surface area contributed by atoms with Gasteiger partial charge in [0.25, 0.3) is 0 Å². The molecule has 0 bridgehead atoms. The highest BCUT2D eigenvalue weighted by Gasteiger charge is 2.09. The molecule has 19 heavy (non-hydrogen) atoms. The number of carbonyl (C=O) groups is 1. The first-order valence-corrected chi connectivity index (χ1v) is 7.20. The van der Waals surface area contributed by atoms with Gasteiger partial charge in [-0.1, -0.05) is 11.8 Å². The van der Waals surface area contributed by atoms with Crippen molar-refractivity contribution < 1.29 is 9.90 Å². The first-order valence-electron chi connectivity index (χ1n) is 5.31. The highest BCUT2D eigenvalue weighted by molar-refractivity contribution is 14.1. The third-order valence-corrected chi connectivity index (χ3v) is 4.33. The Morgan fingerprint density at radius 3 is 2.37 bits per heavy atom. The van der Waals surface area contributed by atoms with Gasteiger partial charge in [-0.15, -0.1) is 0 Å². The molecule has 0 radical (unpaired) electrons. The van der Waals surface area contributed by atoms with Crippen LogP contribution in [-0.4, -0.2) is 11.1 Å². The number of benzene rings is 2. The van der Waals surface area contributed by atoms with E-state index in [-0.39, 0.29) is 0 Å². The molecule has 1 N–H and O–H groups in total. The molecule has 0 aliphatic heterocycles. The second-order valence-corrected chi connectivity index (χ2v) is 5.99. The Morgan fingerprint density at radius 2 is 1.79 bits per heavy atom. The number of halogens is 1. The summed E-state index contributed by atoms with van der Waals surface area (Å²) >= 11 is 3.48. The maximum absolute atomic E-state index is 11.1. The van der Waals surface area contributed by atoms with Gasteiger partial charge in [-0.05, 0) is 65.1 Å². The molecule has 0 amide bonds. The lowest BCUT2D eigenvalue weighted by Crippen LogP contribution is -1.99. The fourth-order valence-electron chi connectivity index (χ4n) is 1.47. The van der Waals surface area contributed by atoms with E-state index in [1.807, 2.05) is 40.8 Å². The van der Waals surface area contributed by atoms with Crippen molar-refractivity contribution in [2.45, 2.75) is 9.79 Å². The molecular weight excluding hydrogens is 373 g/mol. The van der Waals surface area contributed by atoms with Crippen LogP contribution >= 0.6 is 34.4 Å². The predicted octanol–water partition coefficient (Wildman–Crippen LogP) is 4.01. The third kappa shape index (κ3) is 3.49. The molecule has 0 aliphatic rings. The van der Waals surface area contributed by atoms with Gasteiger partial charge in [0.2, 0.25) is 0 Å². The Bertz CT molecular complexity index is 662. The maximum atomic E-state index is 11.1. The summed E-state index contributed by atoms with van der Waals surface area (Å²) in [5.74, 6) is -0.924. The second kappa shape index (κ2) is 6.08. The van der Waals surface area contributed by atoms with E-state index >= 15 is 0 Å². The molecule has 3 nitrogen and oxygen atoms in total. The van der Waals surface area contributed by atoms with E-state index in [0.717, 1.165) is 9.79 Å². The van der Waals surface area contributed by atoms with Crippen molar-refractivity contribution in [3.63, 3.8) is 0 Å². The molecule has 5 heteroatoms. The van der Waals surface area contributed by atoms with E-state index in [0.29, 0.717) is 14.7 Å². The first-order chi connectivity index (χ1) is 9.10. The molecule has 0 heterocycles. The van der Waals surface area contributed by atoms with Crippen LogP contribution in [0.5, 0.6) is 0 Å². The highest BCUT2D eigenvalue weighted by Crippen LogP contribution is 2.29. The molecule has 0 atom stereocenters. The van der Waals surface area contributed by atoms with E-state index in [1.54, 1.807) is 24.3 Å². The van der Waals surface area contributed by atoms with Gasteiger partial charge in [0, 0.05) is 13.4 Å². The Kier molecular flexibility index (Phi) is 4.45. The Hall–Kier alpha value is -1.52. The number of hydrogen-bond acceptors (Lipinski definition) is 3. The minimum Gasteiger partial charge on any atom is -0.478 e. The summed E-state index contributed by atoms with van der Waals surface area (Å²) in [6.07, 6.45) is 0. The van der Waals surface area contributed by atoms with Crippen LogP contribution in [0.3, 0.4) is 0 Å². The first kappa shape index (κ1) is 13.9. The fourth-order valence-corrected chi connectivity index (χ4v) is 2.89. The molecule has 2 aromatic carbocycles. The van der Waals surface area contributed by atoms with Gasteiger partial charge in [-0.3, -0.25) is 0 Å². The molecule has 2 aromatic rings. The normalized spacial score (nSPS) is 9.89. The van der Waals surface area contributed by atoms with Gasteiger partial charge < -0.3 is 5.11 Å². The van der Waals surface area contributed by atoms with Crippen molar-refractivity contribution in [2.24, 2.45) is 0 Å². The van der Waals surface area contributed by atoms with Crippen molar-refractivity contribution in [3.05, 3.63) is 57.2 Å². The van der Waals surface area contributed by atoms with Crippen LogP contribution in [0.2, 0.25) is 0 Å². The number of aromatic carboxylic acids is 1. The number of nitrogens with zero attached hydrogens (tertiary/aromatic N) is 1. The Morgan fingerprint density at radius 1 is 1.16 bits per heavy atom. The number of rotatable bonds is 3. The SMILES string of the molecule is N#Cc1ccc(Sc2ccc(I)c(C(=O)O)c2)cc1. The van der Waals surface area contributed by atoms with Crippen molar-refractivity contribution in [3.8, 4) is 6.07 Å². The molecule has 0 spiro atoms.